The van der Waals surface area contributed by atoms with Crippen LogP contribution in [0.25, 0.3) is 0 Å². The van der Waals surface area contributed by atoms with Crippen LogP contribution in [0.15, 0.2) is 89.6 Å². The number of aromatic nitrogens is 1. The Hall–Kier alpha value is -3.00. The van der Waals surface area contributed by atoms with Crippen LogP contribution >= 0.6 is 0 Å². The highest BCUT2D eigenvalue weighted by molar-refractivity contribution is 5.16. The van der Waals surface area contributed by atoms with E-state index in [9.17, 15) is 0 Å². The zero-order chi connectivity index (χ0) is 97.7. The molecule has 1 aromatic heterocycles. The van der Waals surface area contributed by atoms with E-state index in [1.54, 1.807) is 22.3 Å². The summed E-state index contributed by atoms with van der Waals surface area (Å²) >= 11 is 0. The average Bonchev–Trinajstić information content (AvgIpc) is 1.73. The molecular weight excluding hydrogens is 1560 g/mol. The van der Waals surface area contributed by atoms with Gasteiger partial charge in [-0.3, -0.25) is 24.5 Å². The van der Waals surface area contributed by atoms with Crippen molar-refractivity contribution in [3.63, 3.8) is 0 Å². The highest BCUT2D eigenvalue weighted by Crippen LogP contribution is 2.32. The molecule has 0 N–H and O–H groups in total. The summed E-state index contributed by atoms with van der Waals surface area (Å²) in [4.78, 5) is 25.4. The van der Waals surface area contributed by atoms with Gasteiger partial charge >= 0.3 is 0 Å². The van der Waals surface area contributed by atoms with Crippen LogP contribution in [0.1, 0.15) is 399 Å². The Kier molecular flexibility index (Phi) is 63.1. The molecule has 10 aliphatic rings. The first-order chi connectivity index (χ1) is 59.7. The lowest BCUT2D eigenvalue weighted by atomic mass is 9.86. The van der Waals surface area contributed by atoms with Crippen molar-refractivity contribution in [1.82, 2.24) is 53.6 Å². The van der Waals surface area contributed by atoms with Gasteiger partial charge in [0.25, 0.3) is 0 Å². The van der Waals surface area contributed by atoms with Crippen LogP contribution < -0.4 is 0 Å². The zero-order valence-electron chi connectivity index (χ0n) is 94.4. The molecule has 10 aliphatic heterocycles. The predicted molar refractivity (Wildman–Crippen MR) is 577 cm³/mol. The molecule has 0 aromatic carbocycles. The summed E-state index contributed by atoms with van der Waals surface area (Å²) in [6, 6.07) is 10.7. The minimum absolute atomic E-state index is 0.586. The largest absolute Gasteiger partial charge is 0.375 e. The van der Waals surface area contributed by atoms with Gasteiger partial charge < -0.3 is 29.1 Å². The Morgan fingerprint density at radius 1 is 0.289 bits per heavy atom. The Bertz CT molecular complexity index is 2950. The third-order valence-electron chi connectivity index (χ3n) is 30.1. The number of piperidine rings is 2. The maximum atomic E-state index is 2.64. The van der Waals surface area contributed by atoms with Crippen molar-refractivity contribution in [3.8, 4) is 0 Å². The molecule has 11 rings (SSSR count). The first-order valence-corrected chi connectivity index (χ1v) is 54.5. The van der Waals surface area contributed by atoms with Crippen molar-refractivity contribution in [2.24, 2.45) is 88.8 Å². The van der Waals surface area contributed by atoms with Gasteiger partial charge in [-0.1, -0.05) is 211 Å². The molecule has 4 fully saturated rings. The van der Waals surface area contributed by atoms with E-state index in [2.05, 4.69) is 426 Å². The average molecular weight is 1790 g/mol. The van der Waals surface area contributed by atoms with Gasteiger partial charge in [-0.15, -0.1) is 0 Å². The molecule has 0 bridgehead atoms. The molecule has 128 heavy (non-hydrogen) atoms. The monoisotopic (exact) mass is 1790 g/mol. The van der Waals surface area contributed by atoms with Crippen LogP contribution in [0.4, 0.5) is 0 Å². The van der Waals surface area contributed by atoms with E-state index in [1.165, 1.54) is 174 Å². The smallest absolute Gasteiger partial charge is 0.0274 e. The molecule has 0 radical (unpaired) electrons. The van der Waals surface area contributed by atoms with Crippen LogP contribution in [-0.2, 0) is 0 Å². The zero-order valence-corrected chi connectivity index (χ0v) is 94.4. The van der Waals surface area contributed by atoms with Gasteiger partial charge in [-0.05, 0) is 381 Å². The van der Waals surface area contributed by atoms with Crippen LogP contribution in [0.5, 0.6) is 0 Å². The fourth-order valence-electron chi connectivity index (χ4n) is 18.9. The molecule has 4 saturated heterocycles. The molecule has 11 nitrogen and oxygen atoms in total. The molecule has 0 saturated carbocycles. The van der Waals surface area contributed by atoms with Gasteiger partial charge in [0.2, 0.25) is 0 Å². The fraction of sp³-hybridized carbons (Fsp3) is 0.863. The van der Waals surface area contributed by atoms with Crippen LogP contribution in [0, 0.1) is 88.8 Å². The lowest BCUT2D eigenvalue weighted by molar-refractivity contribution is 0.117. The quantitative estimate of drug-likeness (QED) is 0.105. The Labute approximate surface area is 804 Å². The lowest BCUT2D eigenvalue weighted by Gasteiger charge is -2.37. The summed E-state index contributed by atoms with van der Waals surface area (Å²) < 4.78 is 2.25. The van der Waals surface area contributed by atoms with E-state index < -0.39 is 0 Å². The molecule has 0 spiro atoms. The van der Waals surface area contributed by atoms with Gasteiger partial charge in [-0.25, -0.2) is 0 Å². The summed E-state index contributed by atoms with van der Waals surface area (Å²) in [5.74, 6) is 13.2. The van der Waals surface area contributed by atoms with Gasteiger partial charge in [0.05, 0.1) is 0 Å². The maximum Gasteiger partial charge on any atom is 0.0274 e. The molecular formula is C117H229N11. The molecule has 0 aliphatic carbocycles. The van der Waals surface area contributed by atoms with E-state index in [0.717, 1.165) is 139 Å². The Morgan fingerprint density at radius 2 is 0.750 bits per heavy atom. The van der Waals surface area contributed by atoms with Crippen LogP contribution in [0.2, 0.25) is 0 Å². The standard InChI is InChI=1S/C11H23N.C11H21N.C11H23N.4C11H21N.C10H21N.C10H19N.C10H17N.C10H21N/c2*1-9(2)11-5-7-12(8-6-11)10(3)4;5*1-9(2)11-6-5-7-12(8-11)10(3)4;3*1-8(2)10-5-6-11(7-10)9(3)4;1-8(2)10-6-5-7-11(10)9(3)4/h9-11H,5-8H2,1-4H3;5,9-10H,6-8H2,1-4H3;9-11H,5-8H2,1-4H3;8-10H,5-7H2,1-4H3;6,9-10H,5,7-8H2,1-4H3;5,7,9-11H,6,8H2,1-4H3;5-6,9-11H,7-8H2,1-4H3;8-10H,5-7H2,1-4H3;5,8-9H,6-7H2,1-4H3;5-9H,1-4H3;8-10H,5-7H2,1-4H3. The van der Waals surface area contributed by atoms with Crippen molar-refractivity contribution in [1.29, 1.82) is 0 Å². The van der Waals surface area contributed by atoms with Gasteiger partial charge in [0, 0.05) is 163 Å². The third-order valence-corrected chi connectivity index (χ3v) is 30.1. The van der Waals surface area contributed by atoms with E-state index in [4.69, 9.17) is 0 Å². The highest BCUT2D eigenvalue weighted by atomic mass is 15.2. The first kappa shape index (κ1) is 123. The highest BCUT2D eigenvalue weighted by Gasteiger charge is 2.31. The summed E-state index contributed by atoms with van der Waals surface area (Å²) in [5, 5.41) is 0. The molecule has 752 valence electrons. The second-order valence-corrected chi connectivity index (χ2v) is 47.4. The van der Waals surface area contributed by atoms with Crippen molar-refractivity contribution in [2.75, 3.05) is 111 Å². The number of allylic oxidation sites excluding steroid dienone is 2. The summed E-state index contributed by atoms with van der Waals surface area (Å²) in [7, 11) is 0. The topological polar surface area (TPSA) is 37.3 Å². The van der Waals surface area contributed by atoms with E-state index in [1.807, 2.05) is 0 Å². The molecule has 1 aromatic rings. The number of hydrogen-bond donors (Lipinski definition) is 0. The number of rotatable bonds is 22. The van der Waals surface area contributed by atoms with Gasteiger partial charge in [-0.2, -0.15) is 0 Å². The Balaban J connectivity index is 0.000000704. The molecule has 11 heterocycles. The second-order valence-electron chi connectivity index (χ2n) is 47.4. The summed E-state index contributed by atoms with van der Waals surface area (Å²) in [6.07, 6.45) is 39.6. The lowest BCUT2D eigenvalue weighted by Crippen LogP contribution is -2.41. The normalized spacial score (nSPS) is 22.3. The fourth-order valence-corrected chi connectivity index (χ4v) is 18.9. The molecule has 11 heteroatoms. The summed E-state index contributed by atoms with van der Waals surface area (Å²) in [5.41, 5.74) is 7.93. The van der Waals surface area contributed by atoms with Gasteiger partial charge in [0.1, 0.15) is 0 Å². The molecule has 0 amide bonds. The number of likely N-dealkylation sites (tertiary alicyclic amines) is 4. The molecule has 5 unspecified atom stereocenters. The minimum atomic E-state index is 0.586. The predicted octanol–water partition coefficient (Wildman–Crippen LogP) is 29.7. The first-order valence-electron chi connectivity index (χ1n) is 54.5. The molecule has 5 atom stereocenters. The van der Waals surface area contributed by atoms with Crippen LogP contribution in [0.3, 0.4) is 0 Å². The third kappa shape index (κ3) is 49.7. The minimum Gasteiger partial charge on any atom is -0.375 e. The van der Waals surface area contributed by atoms with Crippen molar-refractivity contribution in [3.05, 3.63) is 95.2 Å². The Morgan fingerprint density at radius 3 is 1.14 bits per heavy atom. The number of nitrogens with zero attached hydrogens (tertiary/aromatic N) is 11. The van der Waals surface area contributed by atoms with Crippen molar-refractivity contribution in [2.45, 2.75) is 460 Å². The van der Waals surface area contributed by atoms with Crippen LogP contribution in [-0.4, -0.2) is 231 Å². The second kappa shape index (κ2) is 65.7. The SMILES string of the molecule is CC(C)C1=CCCN(C(C)C)C1.CC(C)C1=CCN(C(C)C)C1.CC(C)C1=CCN(C(C)C)CC1.CC(C)C1=CN(C(C)C)CCC1.CC(C)C1C=CCN(C(C)C)C1.CC(C)C1CC=CN(C(C)C)C1.CC(C)C1CCCN(C(C)C)C1.CC(C)C1CCCN1C(C)C.CC(C)C1CCN(C(C)C)C1.CC(C)C1CCN(C(C)C)CC1.CC(C)c1ccn(C(C)C)c1. The van der Waals surface area contributed by atoms with Crippen molar-refractivity contribution < 1.29 is 0 Å². The van der Waals surface area contributed by atoms with Gasteiger partial charge in [0.15, 0.2) is 0 Å². The van der Waals surface area contributed by atoms with E-state index in [0.29, 0.717) is 48.2 Å². The van der Waals surface area contributed by atoms with E-state index >= 15 is 0 Å². The maximum absolute atomic E-state index is 2.64. The summed E-state index contributed by atoms with van der Waals surface area (Å²) in [6.45, 7) is 122. The number of hydrogen-bond acceptors (Lipinski definition) is 10. The van der Waals surface area contributed by atoms with E-state index in [-0.39, 0.29) is 0 Å². The van der Waals surface area contributed by atoms with Crippen molar-refractivity contribution >= 4 is 0 Å².